The molecule has 2 fully saturated rings. The SMILES string of the molecule is Cc1cccc(NC(=O)C2CCN(C(=O)C3CC(c4ccncc4)NN3)CC2)c1C. The Morgan fingerprint density at radius 2 is 1.80 bits per heavy atom. The van der Waals surface area contributed by atoms with Gasteiger partial charge in [-0.2, -0.15) is 0 Å². The number of carbonyl (C=O) groups is 2. The van der Waals surface area contributed by atoms with Crippen LogP contribution in [0.5, 0.6) is 0 Å². The van der Waals surface area contributed by atoms with Crippen LogP contribution >= 0.6 is 0 Å². The number of anilines is 1. The number of hydrazine groups is 1. The molecular formula is C23H29N5O2. The minimum Gasteiger partial charge on any atom is -0.341 e. The fourth-order valence-electron chi connectivity index (χ4n) is 4.24. The molecule has 0 saturated carbocycles. The molecule has 2 aromatic rings. The summed E-state index contributed by atoms with van der Waals surface area (Å²) in [5, 5.41) is 3.07. The molecule has 1 aromatic carbocycles. The molecular weight excluding hydrogens is 378 g/mol. The minimum atomic E-state index is -0.247. The van der Waals surface area contributed by atoms with Crippen molar-refractivity contribution in [3.8, 4) is 0 Å². The monoisotopic (exact) mass is 407 g/mol. The fourth-order valence-corrected chi connectivity index (χ4v) is 4.24. The number of aryl methyl sites for hydroxylation is 1. The van der Waals surface area contributed by atoms with Crippen LogP contribution in [-0.2, 0) is 9.59 Å². The molecule has 30 heavy (non-hydrogen) atoms. The quantitative estimate of drug-likeness (QED) is 0.725. The summed E-state index contributed by atoms with van der Waals surface area (Å²) in [6, 6.07) is 9.72. The van der Waals surface area contributed by atoms with Crippen molar-refractivity contribution in [2.24, 2.45) is 5.92 Å². The Bertz CT molecular complexity index is 909. The summed E-state index contributed by atoms with van der Waals surface area (Å²) in [6.45, 7) is 5.29. The molecule has 0 spiro atoms. The summed E-state index contributed by atoms with van der Waals surface area (Å²) in [5.74, 6) is 0.0924. The average molecular weight is 408 g/mol. The molecule has 1 aromatic heterocycles. The zero-order valence-electron chi connectivity index (χ0n) is 17.5. The van der Waals surface area contributed by atoms with Crippen molar-refractivity contribution in [2.45, 2.75) is 45.2 Å². The molecule has 0 radical (unpaired) electrons. The van der Waals surface area contributed by atoms with Crippen molar-refractivity contribution >= 4 is 17.5 Å². The smallest absolute Gasteiger partial charge is 0.241 e. The molecule has 7 nitrogen and oxygen atoms in total. The van der Waals surface area contributed by atoms with E-state index in [2.05, 4.69) is 21.2 Å². The van der Waals surface area contributed by atoms with Crippen LogP contribution in [0.1, 0.15) is 42.0 Å². The number of rotatable bonds is 4. The molecule has 2 aliphatic heterocycles. The number of hydrogen-bond donors (Lipinski definition) is 3. The highest BCUT2D eigenvalue weighted by atomic mass is 16.2. The normalized spacial score (nSPS) is 22.1. The summed E-state index contributed by atoms with van der Waals surface area (Å²) in [6.07, 6.45) is 5.61. The van der Waals surface area contributed by atoms with Crippen LogP contribution in [-0.4, -0.2) is 40.8 Å². The van der Waals surface area contributed by atoms with Gasteiger partial charge in [0, 0.05) is 43.1 Å². The van der Waals surface area contributed by atoms with Gasteiger partial charge in [-0.1, -0.05) is 12.1 Å². The van der Waals surface area contributed by atoms with Gasteiger partial charge in [0.1, 0.15) is 6.04 Å². The lowest BCUT2D eigenvalue weighted by molar-refractivity contribution is -0.136. The molecule has 4 rings (SSSR count). The number of likely N-dealkylation sites (tertiary alicyclic amines) is 1. The molecule has 2 amide bonds. The van der Waals surface area contributed by atoms with Gasteiger partial charge in [-0.3, -0.25) is 14.6 Å². The summed E-state index contributed by atoms with van der Waals surface area (Å²) < 4.78 is 0. The van der Waals surface area contributed by atoms with Crippen LogP contribution in [0.4, 0.5) is 5.69 Å². The first-order valence-corrected chi connectivity index (χ1v) is 10.6. The molecule has 2 atom stereocenters. The number of benzene rings is 1. The lowest BCUT2D eigenvalue weighted by Crippen LogP contribution is -2.49. The topological polar surface area (TPSA) is 86.4 Å². The molecule has 3 heterocycles. The van der Waals surface area contributed by atoms with Gasteiger partial charge in [0.15, 0.2) is 0 Å². The van der Waals surface area contributed by atoms with Crippen molar-refractivity contribution in [3.05, 3.63) is 59.4 Å². The standard InChI is InChI=1S/C23H29N5O2/c1-15-4-3-5-19(16(15)2)25-22(29)18-8-12-28(13-9-18)23(30)21-14-20(26-27-21)17-6-10-24-11-7-17/h3-7,10-11,18,20-21,26-27H,8-9,12-14H2,1-2H3,(H,25,29). The Morgan fingerprint density at radius 3 is 2.53 bits per heavy atom. The van der Waals surface area contributed by atoms with Crippen LogP contribution in [0, 0.1) is 19.8 Å². The van der Waals surface area contributed by atoms with Crippen LogP contribution in [0.3, 0.4) is 0 Å². The highest BCUT2D eigenvalue weighted by Gasteiger charge is 2.35. The highest BCUT2D eigenvalue weighted by Crippen LogP contribution is 2.26. The van der Waals surface area contributed by atoms with Gasteiger partial charge in [-0.15, -0.1) is 0 Å². The maximum atomic E-state index is 12.9. The van der Waals surface area contributed by atoms with Crippen LogP contribution in [0.25, 0.3) is 0 Å². The number of nitrogens with one attached hydrogen (secondary N) is 3. The van der Waals surface area contributed by atoms with Crippen molar-refractivity contribution in [1.82, 2.24) is 20.7 Å². The van der Waals surface area contributed by atoms with E-state index in [1.807, 2.05) is 49.1 Å². The maximum absolute atomic E-state index is 12.9. The first-order valence-electron chi connectivity index (χ1n) is 10.6. The molecule has 7 heteroatoms. The second-order valence-corrected chi connectivity index (χ2v) is 8.25. The van der Waals surface area contributed by atoms with E-state index in [-0.39, 0.29) is 29.8 Å². The van der Waals surface area contributed by atoms with E-state index in [1.165, 1.54) is 0 Å². The van der Waals surface area contributed by atoms with Gasteiger partial charge in [0.05, 0.1) is 0 Å². The molecule has 2 unspecified atom stereocenters. The van der Waals surface area contributed by atoms with Gasteiger partial charge >= 0.3 is 0 Å². The van der Waals surface area contributed by atoms with Gasteiger partial charge < -0.3 is 10.2 Å². The van der Waals surface area contributed by atoms with Crippen molar-refractivity contribution in [1.29, 1.82) is 0 Å². The molecule has 2 saturated heterocycles. The fraction of sp³-hybridized carbons (Fsp3) is 0.435. The van der Waals surface area contributed by atoms with Crippen LogP contribution < -0.4 is 16.2 Å². The number of carbonyl (C=O) groups excluding carboxylic acids is 2. The number of aromatic nitrogens is 1. The van der Waals surface area contributed by atoms with Crippen molar-refractivity contribution < 1.29 is 9.59 Å². The second-order valence-electron chi connectivity index (χ2n) is 8.25. The Labute approximate surface area is 177 Å². The van der Waals surface area contributed by atoms with E-state index in [1.54, 1.807) is 12.4 Å². The summed E-state index contributed by atoms with van der Waals surface area (Å²) in [4.78, 5) is 31.6. The van der Waals surface area contributed by atoms with E-state index in [0.717, 1.165) is 22.4 Å². The number of piperidine rings is 1. The maximum Gasteiger partial charge on any atom is 0.241 e. The van der Waals surface area contributed by atoms with E-state index >= 15 is 0 Å². The Hall–Kier alpha value is -2.77. The molecule has 2 aliphatic rings. The Balaban J connectivity index is 1.28. The summed E-state index contributed by atoms with van der Waals surface area (Å²) in [7, 11) is 0. The highest BCUT2D eigenvalue weighted by molar-refractivity contribution is 5.93. The molecule has 158 valence electrons. The zero-order valence-corrected chi connectivity index (χ0v) is 17.5. The molecule has 0 aliphatic carbocycles. The van der Waals surface area contributed by atoms with E-state index in [4.69, 9.17) is 0 Å². The van der Waals surface area contributed by atoms with Gasteiger partial charge in [-0.25, -0.2) is 10.9 Å². The number of pyridine rings is 1. The molecule has 3 N–H and O–H groups in total. The third kappa shape index (κ3) is 4.37. The predicted molar refractivity (Wildman–Crippen MR) is 116 cm³/mol. The first-order chi connectivity index (χ1) is 14.5. The second kappa shape index (κ2) is 8.93. The number of nitrogens with zero attached hydrogens (tertiary/aromatic N) is 2. The molecule has 0 bridgehead atoms. The lowest BCUT2D eigenvalue weighted by atomic mass is 9.94. The number of hydrogen-bond acceptors (Lipinski definition) is 5. The van der Waals surface area contributed by atoms with E-state index in [9.17, 15) is 9.59 Å². The lowest BCUT2D eigenvalue weighted by Gasteiger charge is -2.33. The van der Waals surface area contributed by atoms with Crippen molar-refractivity contribution in [2.75, 3.05) is 18.4 Å². The summed E-state index contributed by atoms with van der Waals surface area (Å²) >= 11 is 0. The number of amides is 2. The Morgan fingerprint density at radius 1 is 1.07 bits per heavy atom. The van der Waals surface area contributed by atoms with E-state index < -0.39 is 0 Å². The van der Waals surface area contributed by atoms with Crippen LogP contribution in [0.15, 0.2) is 42.7 Å². The predicted octanol–water partition coefficient (Wildman–Crippen LogP) is 2.48. The largest absolute Gasteiger partial charge is 0.341 e. The van der Waals surface area contributed by atoms with Crippen molar-refractivity contribution in [3.63, 3.8) is 0 Å². The third-order valence-electron chi connectivity index (χ3n) is 6.35. The minimum absolute atomic E-state index is 0.0502. The van der Waals surface area contributed by atoms with E-state index in [0.29, 0.717) is 32.4 Å². The van der Waals surface area contributed by atoms with Gasteiger partial charge in [0.2, 0.25) is 11.8 Å². The third-order valence-corrected chi connectivity index (χ3v) is 6.35. The first kappa shape index (κ1) is 20.5. The van der Waals surface area contributed by atoms with Crippen LogP contribution in [0.2, 0.25) is 0 Å². The summed E-state index contributed by atoms with van der Waals surface area (Å²) in [5.41, 5.74) is 10.6. The average Bonchev–Trinajstić information content (AvgIpc) is 3.27. The van der Waals surface area contributed by atoms with Gasteiger partial charge in [-0.05, 0) is 68.0 Å². The Kier molecular flexibility index (Phi) is 6.11. The van der Waals surface area contributed by atoms with Gasteiger partial charge in [0.25, 0.3) is 0 Å². The zero-order chi connectivity index (χ0) is 21.1.